The Balaban J connectivity index is 0.00000243. The van der Waals surface area contributed by atoms with Gasteiger partial charge >= 0.3 is 6.36 Å². The first kappa shape index (κ1) is 20.4. The molecule has 0 bridgehead atoms. The van der Waals surface area contributed by atoms with E-state index in [1.54, 1.807) is 12.3 Å². The van der Waals surface area contributed by atoms with Gasteiger partial charge in [-0.3, -0.25) is 4.90 Å². The van der Waals surface area contributed by atoms with E-state index in [2.05, 4.69) is 15.0 Å². The molecule has 0 aliphatic carbocycles. The highest BCUT2D eigenvalue weighted by atomic mass is 35.5. The molecule has 0 unspecified atom stereocenters. The van der Waals surface area contributed by atoms with Gasteiger partial charge in [-0.25, -0.2) is 0 Å². The zero-order valence-corrected chi connectivity index (χ0v) is 14.9. The number of alkyl halides is 3. The van der Waals surface area contributed by atoms with E-state index in [0.29, 0.717) is 17.1 Å². The van der Waals surface area contributed by atoms with Crippen molar-refractivity contribution < 1.29 is 27.1 Å². The van der Waals surface area contributed by atoms with E-state index in [1.807, 2.05) is 6.07 Å². The summed E-state index contributed by atoms with van der Waals surface area (Å²) in [4.78, 5) is 2.14. The van der Waals surface area contributed by atoms with Crippen LogP contribution in [0.5, 0.6) is 11.5 Å². The number of rotatable bonds is 5. The zero-order chi connectivity index (χ0) is 17.9. The number of furan rings is 1. The number of ether oxygens (including phenoxy) is 2. The lowest BCUT2D eigenvalue weighted by atomic mass is 10.00. The van der Waals surface area contributed by atoms with Crippen LogP contribution in [0, 0.1) is 0 Å². The lowest BCUT2D eigenvalue weighted by molar-refractivity contribution is -0.274. The number of hydrogen-bond acceptors (Lipinski definition) is 5. The number of methoxy groups -OCH3 is 1. The Labute approximate surface area is 155 Å². The van der Waals surface area contributed by atoms with Crippen LogP contribution in [0.4, 0.5) is 13.2 Å². The van der Waals surface area contributed by atoms with E-state index in [0.717, 1.165) is 26.2 Å². The molecule has 0 saturated carbocycles. The minimum Gasteiger partial charge on any atom is -0.496 e. The molecule has 1 atom stereocenters. The van der Waals surface area contributed by atoms with Gasteiger partial charge in [0.05, 0.1) is 19.4 Å². The van der Waals surface area contributed by atoms with Crippen molar-refractivity contribution >= 4 is 12.4 Å². The standard InChI is InChI=1S/C17H19F3N2O3.ClH/c1-23-14-5-4-12(25-17(18,19)20)11-13(14)16(15-3-2-10-24-15)22-8-6-21-7-9-22;/h2-5,10-11,16,21H,6-9H2,1H3;1H/t16-;/m0./s1. The van der Waals surface area contributed by atoms with Gasteiger partial charge in [0.1, 0.15) is 17.3 Å². The van der Waals surface area contributed by atoms with Crippen molar-refractivity contribution in [2.45, 2.75) is 12.4 Å². The second-order valence-electron chi connectivity index (χ2n) is 5.66. The smallest absolute Gasteiger partial charge is 0.496 e. The Morgan fingerprint density at radius 1 is 1.19 bits per heavy atom. The summed E-state index contributed by atoms with van der Waals surface area (Å²) in [5, 5.41) is 3.26. The number of piperazine rings is 1. The molecule has 144 valence electrons. The number of hydrogen-bond donors (Lipinski definition) is 1. The summed E-state index contributed by atoms with van der Waals surface area (Å²) in [6.07, 6.45) is -3.20. The van der Waals surface area contributed by atoms with Crippen LogP contribution in [-0.2, 0) is 0 Å². The summed E-state index contributed by atoms with van der Waals surface area (Å²) in [5.74, 6) is 0.841. The number of benzene rings is 1. The Bertz CT molecular complexity index is 689. The fraction of sp³-hybridized carbons (Fsp3) is 0.412. The molecule has 26 heavy (non-hydrogen) atoms. The van der Waals surface area contributed by atoms with E-state index in [1.165, 1.54) is 25.3 Å². The molecule has 0 radical (unpaired) electrons. The molecule has 2 heterocycles. The highest BCUT2D eigenvalue weighted by Gasteiger charge is 2.33. The van der Waals surface area contributed by atoms with Crippen molar-refractivity contribution in [3.63, 3.8) is 0 Å². The minimum absolute atomic E-state index is 0. The van der Waals surface area contributed by atoms with Crippen LogP contribution in [-0.4, -0.2) is 44.6 Å². The van der Waals surface area contributed by atoms with Crippen LogP contribution < -0.4 is 14.8 Å². The molecule has 5 nitrogen and oxygen atoms in total. The third kappa shape index (κ3) is 4.84. The molecule has 1 aromatic carbocycles. The van der Waals surface area contributed by atoms with E-state index in [4.69, 9.17) is 9.15 Å². The highest BCUT2D eigenvalue weighted by molar-refractivity contribution is 5.85. The monoisotopic (exact) mass is 392 g/mol. The van der Waals surface area contributed by atoms with Crippen LogP contribution in [0.1, 0.15) is 17.4 Å². The maximum atomic E-state index is 12.6. The number of nitrogens with one attached hydrogen (secondary N) is 1. The Morgan fingerprint density at radius 2 is 1.92 bits per heavy atom. The average molecular weight is 393 g/mol. The van der Waals surface area contributed by atoms with Crippen LogP contribution >= 0.6 is 12.4 Å². The summed E-state index contributed by atoms with van der Waals surface area (Å²) in [6, 6.07) is 7.29. The van der Waals surface area contributed by atoms with Crippen molar-refractivity contribution in [1.82, 2.24) is 10.2 Å². The Morgan fingerprint density at radius 3 is 2.50 bits per heavy atom. The molecule has 3 rings (SSSR count). The van der Waals surface area contributed by atoms with Gasteiger partial charge in [-0.15, -0.1) is 25.6 Å². The summed E-state index contributed by atoms with van der Waals surface area (Å²) in [7, 11) is 1.49. The highest BCUT2D eigenvalue weighted by Crippen LogP contribution is 2.38. The maximum absolute atomic E-state index is 12.6. The summed E-state index contributed by atoms with van der Waals surface area (Å²) >= 11 is 0. The Hall–Kier alpha value is -1.90. The van der Waals surface area contributed by atoms with Crippen LogP contribution in [0.3, 0.4) is 0 Å². The number of nitrogens with zero attached hydrogens (tertiary/aromatic N) is 1. The van der Waals surface area contributed by atoms with Crippen LogP contribution in [0.25, 0.3) is 0 Å². The van der Waals surface area contributed by atoms with Gasteiger partial charge in [0.25, 0.3) is 0 Å². The molecule has 9 heteroatoms. The molecule has 1 aliphatic heterocycles. The van der Waals surface area contributed by atoms with Crippen molar-refractivity contribution in [3.05, 3.63) is 47.9 Å². The zero-order valence-electron chi connectivity index (χ0n) is 14.1. The van der Waals surface area contributed by atoms with Gasteiger partial charge in [-0.2, -0.15) is 0 Å². The third-order valence-corrected chi connectivity index (χ3v) is 4.06. The first-order chi connectivity index (χ1) is 12.0. The molecule has 0 amide bonds. The second kappa shape index (κ2) is 8.66. The average Bonchev–Trinajstić information content (AvgIpc) is 3.09. The SMILES string of the molecule is COc1ccc(OC(F)(F)F)cc1[C@@H](c1ccco1)N1CCNCC1.Cl. The van der Waals surface area contributed by atoms with Gasteiger partial charge in [-0.1, -0.05) is 0 Å². The van der Waals surface area contributed by atoms with Crippen molar-refractivity contribution in [1.29, 1.82) is 0 Å². The quantitative estimate of drug-likeness (QED) is 0.842. The molecule has 2 aromatic rings. The lowest BCUT2D eigenvalue weighted by Gasteiger charge is -2.34. The number of halogens is 4. The van der Waals surface area contributed by atoms with Gasteiger partial charge in [0, 0.05) is 31.7 Å². The van der Waals surface area contributed by atoms with Gasteiger partial charge in [0.2, 0.25) is 0 Å². The summed E-state index contributed by atoms with van der Waals surface area (Å²) in [6.45, 7) is 3.05. The predicted octanol–water partition coefficient (Wildman–Crippen LogP) is 3.60. The fourth-order valence-corrected chi connectivity index (χ4v) is 3.04. The normalized spacial score (nSPS) is 16.6. The molecule has 1 saturated heterocycles. The van der Waals surface area contributed by atoms with Crippen LogP contribution in [0.2, 0.25) is 0 Å². The Kier molecular flexibility index (Phi) is 6.80. The molecule has 1 fully saturated rings. The van der Waals surface area contributed by atoms with Crippen molar-refractivity contribution in [2.24, 2.45) is 0 Å². The van der Waals surface area contributed by atoms with E-state index < -0.39 is 6.36 Å². The third-order valence-electron chi connectivity index (χ3n) is 4.06. The lowest BCUT2D eigenvalue weighted by Crippen LogP contribution is -2.45. The first-order valence-electron chi connectivity index (χ1n) is 7.90. The molecular formula is C17H20ClF3N2O3. The van der Waals surface area contributed by atoms with E-state index in [9.17, 15) is 13.2 Å². The molecule has 1 aliphatic rings. The van der Waals surface area contributed by atoms with E-state index in [-0.39, 0.29) is 24.2 Å². The van der Waals surface area contributed by atoms with Crippen molar-refractivity contribution in [2.75, 3.05) is 33.3 Å². The second-order valence-corrected chi connectivity index (χ2v) is 5.66. The first-order valence-corrected chi connectivity index (χ1v) is 7.90. The van der Waals surface area contributed by atoms with Crippen molar-refractivity contribution in [3.8, 4) is 11.5 Å². The van der Waals surface area contributed by atoms with Crippen LogP contribution in [0.15, 0.2) is 41.0 Å². The fourth-order valence-electron chi connectivity index (χ4n) is 3.04. The molecular weight excluding hydrogens is 373 g/mol. The summed E-state index contributed by atoms with van der Waals surface area (Å²) < 4.78 is 52.8. The van der Waals surface area contributed by atoms with Gasteiger partial charge in [0.15, 0.2) is 0 Å². The minimum atomic E-state index is -4.75. The predicted molar refractivity (Wildman–Crippen MR) is 91.9 cm³/mol. The van der Waals surface area contributed by atoms with E-state index >= 15 is 0 Å². The maximum Gasteiger partial charge on any atom is 0.573 e. The molecule has 1 N–H and O–H groups in total. The summed E-state index contributed by atoms with van der Waals surface area (Å²) in [5.41, 5.74) is 0.570. The molecule has 0 spiro atoms. The topological polar surface area (TPSA) is 46.9 Å². The largest absolute Gasteiger partial charge is 0.573 e. The molecule has 1 aromatic heterocycles. The van der Waals surface area contributed by atoms with Gasteiger partial charge < -0.3 is 19.2 Å². The van der Waals surface area contributed by atoms with Gasteiger partial charge in [-0.05, 0) is 30.3 Å².